The summed E-state index contributed by atoms with van der Waals surface area (Å²) in [4.78, 5) is 11.9. The number of aromatic hydroxyl groups is 2. The first kappa shape index (κ1) is 20.6. The van der Waals surface area contributed by atoms with Gasteiger partial charge in [0.25, 0.3) is 0 Å². The van der Waals surface area contributed by atoms with E-state index in [-0.39, 0.29) is 22.8 Å². The van der Waals surface area contributed by atoms with Gasteiger partial charge in [-0.25, -0.2) is 0 Å². The average molecular weight is 371 g/mol. The van der Waals surface area contributed by atoms with Crippen molar-refractivity contribution in [2.75, 3.05) is 13.2 Å². The van der Waals surface area contributed by atoms with E-state index in [1.165, 1.54) is 17.7 Å². The lowest BCUT2D eigenvalue weighted by Crippen LogP contribution is -2.25. The summed E-state index contributed by atoms with van der Waals surface area (Å²) in [5, 5.41) is 21.6. The van der Waals surface area contributed by atoms with E-state index in [4.69, 9.17) is 4.74 Å². The van der Waals surface area contributed by atoms with Crippen LogP contribution in [0.15, 0.2) is 42.5 Å². The maximum Gasteiger partial charge on any atom is 0.220 e. The first-order valence-corrected chi connectivity index (χ1v) is 9.26. The molecule has 0 saturated heterocycles. The van der Waals surface area contributed by atoms with Crippen molar-refractivity contribution in [1.29, 1.82) is 0 Å². The van der Waals surface area contributed by atoms with Crippen LogP contribution in [0.3, 0.4) is 0 Å². The van der Waals surface area contributed by atoms with Gasteiger partial charge in [-0.05, 0) is 53.6 Å². The molecule has 0 aliphatic carbocycles. The standard InChI is InChI=1S/C22H29NO4/c1-22(2,3)17-7-9-18(10-8-17)27-14-4-5-21(26)23-13-12-16-6-11-19(24)20(25)15-16/h6-11,15,24-25H,4-5,12-14H2,1-3H3,(H,23,26). The summed E-state index contributed by atoms with van der Waals surface area (Å²) in [6.45, 7) is 7.50. The van der Waals surface area contributed by atoms with E-state index in [2.05, 4.69) is 38.2 Å². The van der Waals surface area contributed by atoms with Gasteiger partial charge < -0.3 is 20.3 Å². The van der Waals surface area contributed by atoms with Gasteiger partial charge in [0, 0.05) is 13.0 Å². The van der Waals surface area contributed by atoms with Crippen molar-refractivity contribution in [3.05, 3.63) is 53.6 Å². The van der Waals surface area contributed by atoms with Gasteiger partial charge in [0.2, 0.25) is 5.91 Å². The first-order chi connectivity index (χ1) is 12.8. The predicted molar refractivity (Wildman–Crippen MR) is 106 cm³/mol. The zero-order valence-electron chi connectivity index (χ0n) is 16.3. The molecular formula is C22H29NO4. The molecule has 0 aromatic heterocycles. The van der Waals surface area contributed by atoms with Crippen molar-refractivity contribution in [2.45, 2.75) is 45.4 Å². The second kappa shape index (κ2) is 9.31. The Bertz CT molecular complexity index is 748. The van der Waals surface area contributed by atoms with Crippen LogP contribution in [0.2, 0.25) is 0 Å². The number of hydrogen-bond donors (Lipinski definition) is 3. The van der Waals surface area contributed by atoms with Gasteiger partial charge >= 0.3 is 0 Å². The summed E-state index contributed by atoms with van der Waals surface area (Å²) in [7, 11) is 0. The molecule has 0 unspecified atom stereocenters. The van der Waals surface area contributed by atoms with Crippen LogP contribution in [0, 0.1) is 0 Å². The first-order valence-electron chi connectivity index (χ1n) is 9.26. The largest absolute Gasteiger partial charge is 0.504 e. The maximum atomic E-state index is 11.9. The highest BCUT2D eigenvalue weighted by Crippen LogP contribution is 2.25. The molecule has 0 heterocycles. The van der Waals surface area contributed by atoms with E-state index >= 15 is 0 Å². The highest BCUT2D eigenvalue weighted by atomic mass is 16.5. The number of phenolic OH excluding ortho intramolecular Hbond substituents is 2. The van der Waals surface area contributed by atoms with Crippen LogP contribution in [-0.4, -0.2) is 29.3 Å². The lowest BCUT2D eigenvalue weighted by atomic mass is 9.87. The fourth-order valence-electron chi connectivity index (χ4n) is 2.63. The molecule has 146 valence electrons. The minimum Gasteiger partial charge on any atom is -0.504 e. The van der Waals surface area contributed by atoms with Crippen LogP contribution < -0.4 is 10.1 Å². The second-order valence-electron chi connectivity index (χ2n) is 7.65. The molecule has 0 bridgehead atoms. The van der Waals surface area contributed by atoms with E-state index < -0.39 is 0 Å². The van der Waals surface area contributed by atoms with E-state index in [0.717, 1.165) is 11.3 Å². The Morgan fingerprint density at radius 2 is 1.74 bits per heavy atom. The van der Waals surface area contributed by atoms with Gasteiger partial charge in [0.05, 0.1) is 6.61 Å². The summed E-state index contributed by atoms with van der Waals surface area (Å²) >= 11 is 0. The predicted octanol–water partition coefficient (Wildman–Crippen LogP) is 3.91. The number of amides is 1. The Morgan fingerprint density at radius 1 is 1.04 bits per heavy atom. The molecular weight excluding hydrogens is 342 g/mol. The van der Waals surface area contributed by atoms with Crippen molar-refractivity contribution in [2.24, 2.45) is 0 Å². The summed E-state index contributed by atoms with van der Waals surface area (Å²) in [6.07, 6.45) is 1.64. The number of rotatable bonds is 8. The van der Waals surface area contributed by atoms with Crippen LogP contribution in [0.1, 0.15) is 44.7 Å². The van der Waals surface area contributed by atoms with E-state index in [9.17, 15) is 15.0 Å². The van der Waals surface area contributed by atoms with E-state index in [0.29, 0.717) is 32.4 Å². The summed E-state index contributed by atoms with van der Waals surface area (Å²) in [5.41, 5.74) is 2.24. The summed E-state index contributed by atoms with van der Waals surface area (Å²) in [6, 6.07) is 12.7. The lowest BCUT2D eigenvalue weighted by molar-refractivity contribution is -0.121. The Morgan fingerprint density at radius 3 is 2.37 bits per heavy atom. The van der Waals surface area contributed by atoms with Crippen LogP contribution in [0.4, 0.5) is 0 Å². The van der Waals surface area contributed by atoms with Gasteiger partial charge in [-0.2, -0.15) is 0 Å². The molecule has 2 aromatic carbocycles. The topological polar surface area (TPSA) is 78.8 Å². The maximum absolute atomic E-state index is 11.9. The molecule has 1 amide bonds. The van der Waals surface area contributed by atoms with Crippen molar-refractivity contribution in [3.63, 3.8) is 0 Å². The Balaban J connectivity index is 1.62. The number of carbonyl (C=O) groups excluding carboxylic acids is 1. The van der Waals surface area contributed by atoms with Crippen LogP contribution in [0.25, 0.3) is 0 Å². The van der Waals surface area contributed by atoms with E-state index in [1.807, 2.05) is 12.1 Å². The van der Waals surface area contributed by atoms with Crippen molar-refractivity contribution < 1.29 is 19.7 Å². The highest BCUT2D eigenvalue weighted by molar-refractivity contribution is 5.75. The molecule has 5 nitrogen and oxygen atoms in total. The highest BCUT2D eigenvalue weighted by Gasteiger charge is 2.13. The molecule has 0 spiro atoms. The molecule has 5 heteroatoms. The number of nitrogens with one attached hydrogen (secondary N) is 1. The van der Waals surface area contributed by atoms with Crippen LogP contribution in [0.5, 0.6) is 17.2 Å². The van der Waals surface area contributed by atoms with Crippen molar-refractivity contribution in [3.8, 4) is 17.2 Å². The minimum atomic E-state index is -0.147. The van der Waals surface area contributed by atoms with Gasteiger partial charge in [-0.1, -0.05) is 39.0 Å². The second-order valence-corrected chi connectivity index (χ2v) is 7.65. The van der Waals surface area contributed by atoms with Gasteiger partial charge in [0.1, 0.15) is 5.75 Å². The molecule has 3 N–H and O–H groups in total. The monoisotopic (exact) mass is 371 g/mol. The lowest BCUT2D eigenvalue weighted by Gasteiger charge is -2.19. The number of benzene rings is 2. The molecule has 2 rings (SSSR count). The van der Waals surface area contributed by atoms with Crippen LogP contribution in [-0.2, 0) is 16.6 Å². The quantitative estimate of drug-likeness (QED) is 0.485. The molecule has 0 aliphatic heterocycles. The van der Waals surface area contributed by atoms with Gasteiger partial charge in [0.15, 0.2) is 11.5 Å². The Kier molecular flexibility index (Phi) is 7.11. The third kappa shape index (κ3) is 6.85. The third-order valence-corrected chi connectivity index (χ3v) is 4.31. The zero-order valence-corrected chi connectivity index (χ0v) is 16.3. The summed E-state index contributed by atoms with van der Waals surface area (Å²) < 4.78 is 5.69. The minimum absolute atomic E-state index is 0.0234. The van der Waals surface area contributed by atoms with Crippen molar-refractivity contribution >= 4 is 5.91 Å². The summed E-state index contributed by atoms with van der Waals surface area (Å²) in [5.74, 6) is 0.502. The molecule has 0 fully saturated rings. The van der Waals surface area contributed by atoms with E-state index in [1.54, 1.807) is 6.07 Å². The van der Waals surface area contributed by atoms with Crippen LogP contribution >= 0.6 is 0 Å². The molecule has 2 aromatic rings. The number of ether oxygens (including phenoxy) is 1. The number of phenols is 2. The number of carbonyl (C=O) groups is 1. The Labute approximate surface area is 161 Å². The normalized spacial score (nSPS) is 11.2. The Hall–Kier alpha value is -2.69. The molecule has 0 aliphatic rings. The fourth-order valence-corrected chi connectivity index (χ4v) is 2.63. The van der Waals surface area contributed by atoms with Gasteiger partial charge in [-0.15, -0.1) is 0 Å². The smallest absolute Gasteiger partial charge is 0.220 e. The average Bonchev–Trinajstić information content (AvgIpc) is 2.61. The molecule has 0 radical (unpaired) electrons. The fraction of sp³-hybridized carbons (Fsp3) is 0.409. The molecule has 0 atom stereocenters. The molecule has 27 heavy (non-hydrogen) atoms. The third-order valence-electron chi connectivity index (χ3n) is 4.31. The zero-order chi connectivity index (χ0) is 19.9. The molecule has 0 saturated carbocycles. The van der Waals surface area contributed by atoms with Crippen molar-refractivity contribution in [1.82, 2.24) is 5.32 Å². The SMILES string of the molecule is CC(C)(C)c1ccc(OCCCC(=O)NCCc2ccc(O)c(O)c2)cc1. The number of hydrogen-bond acceptors (Lipinski definition) is 4. The van der Waals surface area contributed by atoms with Gasteiger partial charge in [-0.3, -0.25) is 4.79 Å².